The molecule has 1 aromatic heterocycles. The average molecular weight is 473 g/mol. The highest BCUT2D eigenvalue weighted by Crippen LogP contribution is 2.42. The van der Waals surface area contributed by atoms with E-state index in [0.29, 0.717) is 51.6 Å². The van der Waals surface area contributed by atoms with Crippen LogP contribution in [0.4, 0.5) is 0 Å². The number of benzene rings is 3. The largest absolute Gasteiger partial charge is 0.496 e. The number of aromatic carboxylic acids is 1. The van der Waals surface area contributed by atoms with E-state index in [2.05, 4.69) is 4.98 Å². The highest BCUT2D eigenvalue weighted by Gasteiger charge is 2.26. The maximum Gasteiger partial charge on any atom is 0.341 e. The van der Waals surface area contributed by atoms with Crippen LogP contribution in [0.15, 0.2) is 60.7 Å². The lowest BCUT2D eigenvalue weighted by Gasteiger charge is -2.17. The van der Waals surface area contributed by atoms with E-state index in [1.54, 1.807) is 43.5 Å². The number of pyridine rings is 1. The number of hydrogen-bond donors (Lipinski definition) is 1. The summed E-state index contributed by atoms with van der Waals surface area (Å²) in [6, 6.07) is 18.1. The van der Waals surface area contributed by atoms with Crippen molar-refractivity contribution in [1.29, 1.82) is 0 Å². The number of carbonyl (C=O) groups is 1. The van der Waals surface area contributed by atoms with Gasteiger partial charge in [-0.15, -0.1) is 0 Å². The van der Waals surface area contributed by atoms with E-state index in [1.165, 1.54) is 0 Å². The first-order chi connectivity index (χ1) is 17.1. The van der Waals surface area contributed by atoms with Gasteiger partial charge in [-0.2, -0.15) is 0 Å². The Morgan fingerprint density at radius 1 is 1.03 bits per heavy atom. The molecule has 2 heterocycles. The Morgan fingerprint density at radius 3 is 2.66 bits per heavy atom. The normalized spacial score (nSPS) is 11.9. The molecule has 0 bridgehead atoms. The van der Waals surface area contributed by atoms with E-state index < -0.39 is 5.97 Å². The smallest absolute Gasteiger partial charge is 0.341 e. The molecule has 1 aliphatic rings. The lowest BCUT2D eigenvalue weighted by atomic mass is 9.95. The van der Waals surface area contributed by atoms with Crippen LogP contribution in [0.3, 0.4) is 0 Å². The molecule has 0 spiro atoms. The minimum Gasteiger partial charge on any atom is -0.496 e. The molecule has 0 radical (unpaired) electrons. The van der Waals surface area contributed by atoms with Gasteiger partial charge in [-0.05, 0) is 48.9 Å². The van der Waals surface area contributed by atoms with Crippen LogP contribution in [0.5, 0.6) is 28.9 Å². The Balaban J connectivity index is 1.70. The van der Waals surface area contributed by atoms with Gasteiger partial charge >= 0.3 is 5.97 Å². The van der Waals surface area contributed by atoms with Gasteiger partial charge in [0.2, 0.25) is 12.7 Å². The first-order valence-electron chi connectivity index (χ1n) is 11.1. The van der Waals surface area contributed by atoms with E-state index in [1.807, 2.05) is 31.2 Å². The summed E-state index contributed by atoms with van der Waals surface area (Å²) in [6.45, 7) is 2.56. The summed E-state index contributed by atoms with van der Waals surface area (Å²) >= 11 is 0. The predicted molar refractivity (Wildman–Crippen MR) is 129 cm³/mol. The number of hydrogen-bond acceptors (Lipinski definition) is 7. The van der Waals surface area contributed by atoms with Crippen LogP contribution in [0.2, 0.25) is 0 Å². The molecule has 35 heavy (non-hydrogen) atoms. The maximum absolute atomic E-state index is 12.6. The van der Waals surface area contributed by atoms with Gasteiger partial charge in [-0.1, -0.05) is 24.3 Å². The van der Waals surface area contributed by atoms with E-state index in [4.69, 9.17) is 23.7 Å². The van der Waals surface area contributed by atoms with Crippen molar-refractivity contribution in [3.8, 4) is 40.0 Å². The van der Waals surface area contributed by atoms with Gasteiger partial charge in [0.05, 0.1) is 19.2 Å². The fraction of sp³-hybridized carbons (Fsp3) is 0.185. The lowest BCUT2D eigenvalue weighted by molar-refractivity contribution is 0.0691. The lowest BCUT2D eigenvalue weighted by Crippen LogP contribution is -2.09. The third kappa shape index (κ3) is 4.26. The van der Waals surface area contributed by atoms with Gasteiger partial charge in [-0.3, -0.25) is 0 Å². The molecule has 0 unspecified atom stereocenters. The van der Waals surface area contributed by atoms with Crippen LogP contribution in [0.1, 0.15) is 22.8 Å². The van der Waals surface area contributed by atoms with Gasteiger partial charge in [0.15, 0.2) is 11.5 Å². The Hall–Kier alpha value is -4.46. The molecule has 3 aromatic carbocycles. The number of carboxylic acid groups (broad SMARTS) is 1. The van der Waals surface area contributed by atoms with E-state index in [-0.39, 0.29) is 24.8 Å². The summed E-state index contributed by atoms with van der Waals surface area (Å²) in [7, 11) is 1.57. The zero-order chi connectivity index (χ0) is 24.4. The quantitative estimate of drug-likeness (QED) is 0.368. The number of carboxylic acids is 1. The van der Waals surface area contributed by atoms with Crippen molar-refractivity contribution >= 4 is 16.9 Å². The van der Waals surface area contributed by atoms with Crippen molar-refractivity contribution in [3.05, 3.63) is 71.8 Å². The molecule has 8 nitrogen and oxygen atoms in total. The molecular weight excluding hydrogens is 450 g/mol. The molecule has 0 atom stereocenters. The molecule has 0 saturated heterocycles. The second-order valence-corrected chi connectivity index (χ2v) is 7.75. The fourth-order valence-electron chi connectivity index (χ4n) is 4.10. The van der Waals surface area contributed by atoms with E-state index in [0.717, 1.165) is 5.56 Å². The second kappa shape index (κ2) is 9.42. The monoisotopic (exact) mass is 473 g/mol. The predicted octanol–water partition coefficient (Wildman–Crippen LogP) is 5.32. The van der Waals surface area contributed by atoms with Gasteiger partial charge in [0, 0.05) is 16.5 Å². The molecule has 1 aliphatic heterocycles. The van der Waals surface area contributed by atoms with Crippen LogP contribution in [0, 0.1) is 0 Å². The number of ether oxygens (including phenoxy) is 5. The highest BCUT2D eigenvalue weighted by atomic mass is 16.7. The van der Waals surface area contributed by atoms with Crippen molar-refractivity contribution in [3.63, 3.8) is 0 Å². The van der Waals surface area contributed by atoms with Crippen molar-refractivity contribution in [1.82, 2.24) is 4.98 Å². The number of para-hydroxylation sites is 1. The molecular formula is C27H23NO7. The van der Waals surface area contributed by atoms with Crippen LogP contribution in [0.25, 0.3) is 22.0 Å². The number of nitrogens with zero attached hydrogens (tertiary/aromatic N) is 1. The van der Waals surface area contributed by atoms with Crippen LogP contribution >= 0.6 is 0 Å². The first kappa shape index (κ1) is 22.3. The van der Waals surface area contributed by atoms with Gasteiger partial charge < -0.3 is 28.8 Å². The molecule has 4 aromatic rings. The highest BCUT2D eigenvalue weighted by molar-refractivity contribution is 6.08. The van der Waals surface area contributed by atoms with E-state index in [9.17, 15) is 9.90 Å². The zero-order valence-corrected chi connectivity index (χ0v) is 19.2. The van der Waals surface area contributed by atoms with Crippen molar-refractivity contribution < 1.29 is 33.6 Å². The van der Waals surface area contributed by atoms with Crippen molar-refractivity contribution in [2.24, 2.45) is 0 Å². The van der Waals surface area contributed by atoms with Crippen LogP contribution in [-0.4, -0.2) is 36.6 Å². The Bertz CT molecular complexity index is 1420. The first-order valence-corrected chi connectivity index (χ1v) is 11.1. The SMILES string of the molecule is CCOc1ccc2nc(OCc3ccccc3OC)c(C(=O)O)c(-c3ccc4c(c3)OCO4)c2c1. The molecule has 178 valence electrons. The average Bonchev–Trinajstić information content (AvgIpc) is 3.35. The second-order valence-electron chi connectivity index (χ2n) is 7.75. The molecule has 5 rings (SSSR count). The minimum absolute atomic E-state index is 0.00716. The summed E-state index contributed by atoms with van der Waals surface area (Å²) in [5.41, 5.74) is 2.37. The topological polar surface area (TPSA) is 96.3 Å². The fourth-order valence-corrected chi connectivity index (χ4v) is 4.10. The van der Waals surface area contributed by atoms with Gasteiger partial charge in [0.25, 0.3) is 0 Å². The molecule has 1 N–H and O–H groups in total. The maximum atomic E-state index is 12.6. The molecule has 8 heteroatoms. The van der Waals surface area contributed by atoms with E-state index >= 15 is 0 Å². The summed E-state index contributed by atoms with van der Waals surface area (Å²) in [5.74, 6) is 1.25. The third-order valence-electron chi connectivity index (χ3n) is 5.67. The van der Waals surface area contributed by atoms with Gasteiger partial charge in [-0.25, -0.2) is 9.78 Å². The standard InChI is InChI=1S/C27H23NO7/c1-3-32-18-9-10-20-19(13-18)24(16-8-11-22-23(12-16)35-15-34-22)25(27(29)30)26(28-20)33-14-17-6-4-5-7-21(17)31-2/h4-13H,3,14-15H2,1-2H3,(H,29,30). The summed E-state index contributed by atoms with van der Waals surface area (Å²) in [6.07, 6.45) is 0. The molecule has 0 saturated carbocycles. The number of methoxy groups -OCH3 is 1. The van der Waals surface area contributed by atoms with Crippen molar-refractivity contribution in [2.75, 3.05) is 20.5 Å². The van der Waals surface area contributed by atoms with Crippen molar-refractivity contribution in [2.45, 2.75) is 13.5 Å². The van der Waals surface area contributed by atoms with Crippen LogP contribution in [-0.2, 0) is 6.61 Å². The summed E-state index contributed by atoms with van der Waals surface area (Å²) < 4.78 is 28.1. The Kier molecular flexibility index (Phi) is 6.01. The molecule has 0 amide bonds. The third-order valence-corrected chi connectivity index (χ3v) is 5.67. The Morgan fingerprint density at radius 2 is 1.86 bits per heavy atom. The summed E-state index contributed by atoms with van der Waals surface area (Å²) in [4.78, 5) is 17.2. The van der Waals surface area contributed by atoms with Gasteiger partial charge in [0.1, 0.15) is 23.7 Å². The summed E-state index contributed by atoms with van der Waals surface area (Å²) in [5, 5.41) is 10.9. The zero-order valence-electron chi connectivity index (χ0n) is 19.2. The number of fused-ring (bicyclic) bond motifs is 2. The number of aromatic nitrogens is 1. The molecule has 0 fully saturated rings. The Labute approximate surface area is 201 Å². The molecule has 0 aliphatic carbocycles. The number of rotatable bonds is 8. The minimum atomic E-state index is -1.16. The van der Waals surface area contributed by atoms with Crippen LogP contribution < -0.4 is 23.7 Å².